The van der Waals surface area contributed by atoms with Crippen LogP contribution >= 0.6 is 11.3 Å². The van der Waals surface area contributed by atoms with Crippen molar-refractivity contribution in [1.82, 2.24) is 14.9 Å². The van der Waals surface area contributed by atoms with Crippen molar-refractivity contribution in [3.05, 3.63) is 16.8 Å². The molecule has 6 nitrogen and oxygen atoms in total. The van der Waals surface area contributed by atoms with E-state index in [1.165, 1.54) is 15.8 Å². The fraction of sp³-hybridized carbons (Fsp3) is 0.650. The fourth-order valence-electron chi connectivity index (χ4n) is 3.84. The average molecular weight is 390 g/mol. The Morgan fingerprint density at radius 3 is 2.63 bits per heavy atom. The number of aryl methyl sites for hydroxylation is 2. The van der Waals surface area contributed by atoms with Crippen LogP contribution in [0.5, 0.6) is 0 Å². The van der Waals surface area contributed by atoms with E-state index >= 15 is 0 Å². The number of aromatic nitrogens is 2. The summed E-state index contributed by atoms with van der Waals surface area (Å²) in [5.74, 6) is 1.35. The van der Waals surface area contributed by atoms with Gasteiger partial charge in [0.15, 0.2) is 0 Å². The van der Waals surface area contributed by atoms with Gasteiger partial charge in [-0.15, -0.1) is 11.3 Å². The van der Waals surface area contributed by atoms with E-state index in [-0.39, 0.29) is 17.2 Å². The highest BCUT2D eigenvalue weighted by Gasteiger charge is 2.30. The third-order valence-electron chi connectivity index (χ3n) is 5.68. The van der Waals surface area contributed by atoms with Crippen molar-refractivity contribution in [3.8, 4) is 0 Å². The fourth-order valence-corrected chi connectivity index (χ4v) is 4.83. The van der Waals surface area contributed by atoms with Crippen LogP contribution < -0.4 is 10.6 Å². The van der Waals surface area contributed by atoms with E-state index in [4.69, 9.17) is 5.73 Å². The van der Waals surface area contributed by atoms with Gasteiger partial charge in [0.1, 0.15) is 17.0 Å². The summed E-state index contributed by atoms with van der Waals surface area (Å²) >= 11 is 1.72. The third kappa shape index (κ3) is 4.09. The Labute approximate surface area is 165 Å². The molecule has 0 saturated carbocycles. The van der Waals surface area contributed by atoms with E-state index < -0.39 is 0 Å². The Morgan fingerprint density at radius 2 is 2.00 bits per heavy atom. The Kier molecular flexibility index (Phi) is 5.72. The van der Waals surface area contributed by atoms with Crippen molar-refractivity contribution in [3.63, 3.8) is 0 Å². The summed E-state index contributed by atoms with van der Waals surface area (Å²) in [6.45, 7) is 11.5. The van der Waals surface area contributed by atoms with Crippen LogP contribution in [0.1, 0.15) is 37.1 Å². The molecule has 1 amide bonds. The van der Waals surface area contributed by atoms with Crippen molar-refractivity contribution < 1.29 is 4.79 Å². The van der Waals surface area contributed by atoms with Crippen molar-refractivity contribution in [2.24, 2.45) is 17.1 Å². The van der Waals surface area contributed by atoms with Gasteiger partial charge in [-0.25, -0.2) is 9.97 Å². The van der Waals surface area contributed by atoms with Crippen LogP contribution in [0.4, 0.5) is 5.82 Å². The summed E-state index contributed by atoms with van der Waals surface area (Å²) < 4.78 is 0. The van der Waals surface area contributed by atoms with Crippen molar-refractivity contribution in [2.45, 2.75) is 40.5 Å². The number of hydrogen-bond acceptors (Lipinski definition) is 6. The molecule has 7 heteroatoms. The first-order valence-electron chi connectivity index (χ1n) is 9.64. The van der Waals surface area contributed by atoms with Crippen molar-refractivity contribution in [1.29, 1.82) is 0 Å². The van der Waals surface area contributed by atoms with Gasteiger partial charge in [-0.3, -0.25) is 4.79 Å². The van der Waals surface area contributed by atoms with Crippen LogP contribution in [-0.4, -0.2) is 54.0 Å². The normalized spacial score (nSPS) is 16.1. The minimum absolute atomic E-state index is 0.0496. The second-order valence-electron chi connectivity index (χ2n) is 8.48. The molecule has 1 fully saturated rings. The molecule has 0 atom stereocenters. The van der Waals surface area contributed by atoms with Crippen LogP contribution in [0, 0.1) is 25.2 Å². The molecule has 0 radical (unpaired) electrons. The Bertz CT molecular complexity index is 823. The summed E-state index contributed by atoms with van der Waals surface area (Å²) in [4.78, 5) is 28.4. The predicted octanol–water partition coefficient (Wildman–Crippen LogP) is 2.97. The molecule has 27 heavy (non-hydrogen) atoms. The summed E-state index contributed by atoms with van der Waals surface area (Å²) in [7, 11) is 1.90. The van der Waals surface area contributed by atoms with E-state index in [1.54, 1.807) is 17.7 Å². The van der Waals surface area contributed by atoms with Gasteiger partial charge in [-0.2, -0.15) is 0 Å². The van der Waals surface area contributed by atoms with Gasteiger partial charge in [0.05, 0.1) is 5.39 Å². The number of nitrogens with zero attached hydrogens (tertiary/aromatic N) is 4. The van der Waals surface area contributed by atoms with Crippen LogP contribution in [0.2, 0.25) is 0 Å². The molecule has 0 unspecified atom stereocenters. The number of thiophene rings is 1. The number of nitrogens with two attached hydrogens (primary N) is 1. The topological polar surface area (TPSA) is 75.4 Å². The highest BCUT2D eigenvalue weighted by Crippen LogP contribution is 2.35. The lowest BCUT2D eigenvalue weighted by Crippen LogP contribution is -2.45. The van der Waals surface area contributed by atoms with Crippen LogP contribution in [0.3, 0.4) is 0 Å². The summed E-state index contributed by atoms with van der Waals surface area (Å²) in [6.07, 6.45) is 3.38. The van der Waals surface area contributed by atoms with Gasteiger partial charge in [0.2, 0.25) is 5.91 Å². The molecule has 2 aromatic rings. The Balaban J connectivity index is 1.68. The molecule has 3 rings (SSSR count). The molecule has 148 valence electrons. The number of rotatable bonds is 5. The lowest BCUT2D eigenvalue weighted by molar-refractivity contribution is -0.136. The number of carbonyl (C=O) groups excluding carboxylic acids is 1. The van der Waals surface area contributed by atoms with E-state index in [9.17, 15) is 4.79 Å². The molecule has 0 bridgehead atoms. The molecule has 3 heterocycles. The number of fused-ring (bicyclic) bond motifs is 1. The lowest BCUT2D eigenvalue weighted by atomic mass is 9.91. The minimum Gasteiger partial charge on any atom is -0.356 e. The average Bonchev–Trinajstić information content (AvgIpc) is 2.95. The lowest BCUT2D eigenvalue weighted by Gasteiger charge is -2.36. The molecule has 1 aliphatic rings. The molecule has 1 saturated heterocycles. The standard InChI is InChI=1S/C20H31N5OS/c1-13-14(2)27-18-16(13)17(22-12-23-18)25-8-6-15(7-9-25)19(26)24(5)11-20(3,4)10-21/h12,15H,6-11,21H2,1-5H3. The molecular formula is C20H31N5OS. The van der Waals surface area contributed by atoms with Crippen molar-refractivity contribution in [2.75, 3.05) is 38.1 Å². The van der Waals surface area contributed by atoms with Crippen LogP contribution in [0.15, 0.2) is 6.33 Å². The molecule has 0 aliphatic carbocycles. The molecule has 2 N–H and O–H groups in total. The zero-order valence-electron chi connectivity index (χ0n) is 17.1. The summed E-state index contributed by atoms with van der Waals surface area (Å²) in [5.41, 5.74) is 7.04. The monoisotopic (exact) mass is 389 g/mol. The SMILES string of the molecule is Cc1sc2ncnc(N3CCC(C(=O)N(C)CC(C)(C)CN)CC3)c2c1C. The Morgan fingerprint density at radius 1 is 1.33 bits per heavy atom. The first-order valence-corrected chi connectivity index (χ1v) is 10.5. The van der Waals surface area contributed by atoms with Gasteiger partial charge >= 0.3 is 0 Å². The maximum Gasteiger partial charge on any atom is 0.225 e. The molecule has 0 aromatic carbocycles. The van der Waals surface area contributed by atoms with Gasteiger partial charge in [0.25, 0.3) is 0 Å². The third-order valence-corrected chi connectivity index (χ3v) is 6.80. The zero-order chi connectivity index (χ0) is 19.8. The highest BCUT2D eigenvalue weighted by molar-refractivity contribution is 7.18. The smallest absolute Gasteiger partial charge is 0.225 e. The quantitative estimate of drug-likeness (QED) is 0.851. The zero-order valence-corrected chi connectivity index (χ0v) is 17.9. The van der Waals surface area contributed by atoms with Gasteiger partial charge in [-0.1, -0.05) is 13.8 Å². The van der Waals surface area contributed by atoms with E-state index in [2.05, 4.69) is 42.6 Å². The van der Waals surface area contributed by atoms with E-state index in [1.807, 2.05) is 11.9 Å². The number of anilines is 1. The molecule has 2 aromatic heterocycles. The Hall–Kier alpha value is -1.73. The maximum absolute atomic E-state index is 12.8. The molecular weight excluding hydrogens is 358 g/mol. The largest absolute Gasteiger partial charge is 0.356 e. The number of piperidine rings is 1. The van der Waals surface area contributed by atoms with Gasteiger partial charge in [0, 0.05) is 37.5 Å². The second kappa shape index (κ2) is 7.72. The number of amides is 1. The second-order valence-corrected chi connectivity index (χ2v) is 9.69. The van der Waals surface area contributed by atoms with Crippen LogP contribution in [-0.2, 0) is 4.79 Å². The van der Waals surface area contributed by atoms with E-state index in [0.29, 0.717) is 13.1 Å². The first-order chi connectivity index (χ1) is 12.7. The van der Waals surface area contributed by atoms with Gasteiger partial charge < -0.3 is 15.5 Å². The summed E-state index contributed by atoms with van der Waals surface area (Å²) in [6, 6.07) is 0. The minimum atomic E-state index is -0.0496. The molecule has 0 spiro atoms. The van der Waals surface area contributed by atoms with E-state index in [0.717, 1.165) is 36.6 Å². The first kappa shape index (κ1) is 20.0. The molecule has 1 aliphatic heterocycles. The van der Waals surface area contributed by atoms with Crippen molar-refractivity contribution >= 4 is 33.3 Å². The number of carbonyl (C=O) groups is 1. The maximum atomic E-state index is 12.8. The number of hydrogen-bond donors (Lipinski definition) is 1. The van der Waals surface area contributed by atoms with Crippen LogP contribution in [0.25, 0.3) is 10.2 Å². The predicted molar refractivity (Wildman–Crippen MR) is 112 cm³/mol. The highest BCUT2D eigenvalue weighted by atomic mass is 32.1. The van der Waals surface area contributed by atoms with Gasteiger partial charge in [-0.05, 0) is 44.2 Å². The summed E-state index contributed by atoms with van der Waals surface area (Å²) in [5, 5.41) is 1.17.